The fourth-order valence-corrected chi connectivity index (χ4v) is 2.42. The molecule has 3 rings (SSSR count). The lowest BCUT2D eigenvalue weighted by atomic mass is 10.1. The van der Waals surface area contributed by atoms with Crippen LogP contribution in [0.25, 0.3) is 0 Å². The van der Waals surface area contributed by atoms with E-state index in [-0.39, 0.29) is 5.82 Å². The number of pyridine rings is 1. The van der Waals surface area contributed by atoms with Crippen LogP contribution in [0.5, 0.6) is 0 Å². The zero-order chi connectivity index (χ0) is 19.2. The number of ether oxygens (including phenoxy) is 1. The molecular weight excluding hydrogens is 342 g/mol. The molecule has 0 fully saturated rings. The minimum Gasteiger partial charge on any atom is -0.467 e. The Balaban J connectivity index is 1.77. The lowest BCUT2D eigenvalue weighted by Crippen LogP contribution is -2.04. The van der Waals surface area contributed by atoms with E-state index in [4.69, 9.17) is 14.9 Å². The molecule has 1 aromatic carbocycles. The van der Waals surface area contributed by atoms with Crippen molar-refractivity contribution in [2.24, 2.45) is 0 Å². The summed E-state index contributed by atoms with van der Waals surface area (Å²) >= 11 is 0. The summed E-state index contributed by atoms with van der Waals surface area (Å²) in [6, 6.07) is 11.2. The zero-order valence-electron chi connectivity index (χ0n) is 15.1. The fourth-order valence-electron chi connectivity index (χ4n) is 2.42. The monoisotopic (exact) mass is 361 g/mol. The van der Waals surface area contributed by atoms with E-state index in [1.807, 2.05) is 37.3 Å². The van der Waals surface area contributed by atoms with Gasteiger partial charge in [0, 0.05) is 17.4 Å². The van der Waals surface area contributed by atoms with E-state index in [9.17, 15) is 4.79 Å². The van der Waals surface area contributed by atoms with Crippen molar-refractivity contribution in [1.29, 1.82) is 0 Å². The molecule has 0 aliphatic rings. The summed E-state index contributed by atoms with van der Waals surface area (Å²) in [4.78, 5) is 15.6. The molecule has 6 heteroatoms. The van der Waals surface area contributed by atoms with Crippen molar-refractivity contribution in [3.8, 4) is 11.8 Å². The Bertz CT molecular complexity index is 1030. The van der Waals surface area contributed by atoms with Gasteiger partial charge in [0.05, 0.1) is 31.0 Å². The van der Waals surface area contributed by atoms with Crippen LogP contribution < -0.4 is 11.1 Å². The Labute approximate surface area is 157 Å². The number of methoxy groups -OCH3 is 1. The fraction of sp³-hybridized carbons (Fsp3) is 0.143. The predicted molar refractivity (Wildman–Crippen MR) is 103 cm³/mol. The van der Waals surface area contributed by atoms with E-state index in [0.29, 0.717) is 17.7 Å². The second-order valence-electron chi connectivity index (χ2n) is 5.86. The van der Waals surface area contributed by atoms with Crippen molar-refractivity contribution in [2.45, 2.75) is 13.5 Å². The number of anilines is 2. The summed E-state index contributed by atoms with van der Waals surface area (Å²) in [5.74, 6) is 6.68. The van der Waals surface area contributed by atoms with Crippen LogP contribution in [0.1, 0.15) is 32.8 Å². The number of nitrogens with two attached hydrogens (primary N) is 1. The van der Waals surface area contributed by atoms with Gasteiger partial charge in [-0.2, -0.15) is 0 Å². The summed E-state index contributed by atoms with van der Waals surface area (Å²) in [5.41, 5.74) is 9.46. The van der Waals surface area contributed by atoms with Gasteiger partial charge in [0.25, 0.3) is 0 Å². The maximum absolute atomic E-state index is 11.6. The van der Waals surface area contributed by atoms with Gasteiger partial charge in [-0.1, -0.05) is 17.9 Å². The number of nitrogen functional groups attached to an aromatic ring is 1. The van der Waals surface area contributed by atoms with Gasteiger partial charge in [0.1, 0.15) is 11.6 Å². The van der Waals surface area contributed by atoms with Crippen LogP contribution in [-0.2, 0) is 11.3 Å². The van der Waals surface area contributed by atoms with Gasteiger partial charge >= 0.3 is 5.97 Å². The summed E-state index contributed by atoms with van der Waals surface area (Å²) < 4.78 is 10.1. The van der Waals surface area contributed by atoms with E-state index in [2.05, 4.69) is 22.1 Å². The van der Waals surface area contributed by atoms with E-state index < -0.39 is 5.97 Å². The molecule has 3 N–H and O–H groups in total. The van der Waals surface area contributed by atoms with Crippen LogP contribution in [0.2, 0.25) is 0 Å². The van der Waals surface area contributed by atoms with Crippen LogP contribution >= 0.6 is 0 Å². The first-order chi connectivity index (χ1) is 13.1. The van der Waals surface area contributed by atoms with Crippen molar-refractivity contribution in [2.75, 3.05) is 18.2 Å². The highest BCUT2D eigenvalue weighted by Crippen LogP contribution is 2.15. The number of aromatic nitrogens is 1. The molecule has 3 aromatic rings. The number of benzene rings is 1. The Kier molecular flexibility index (Phi) is 5.43. The van der Waals surface area contributed by atoms with E-state index >= 15 is 0 Å². The van der Waals surface area contributed by atoms with E-state index in [1.165, 1.54) is 13.3 Å². The molecule has 0 aliphatic heterocycles. The molecule has 0 amide bonds. The highest BCUT2D eigenvalue weighted by Gasteiger charge is 2.08. The number of hydrogen-bond acceptors (Lipinski definition) is 6. The first-order valence-corrected chi connectivity index (χ1v) is 8.29. The minimum atomic E-state index is -0.482. The van der Waals surface area contributed by atoms with E-state index in [1.54, 1.807) is 12.3 Å². The van der Waals surface area contributed by atoms with Gasteiger partial charge < -0.3 is 20.2 Å². The van der Waals surface area contributed by atoms with Crippen molar-refractivity contribution < 1.29 is 13.9 Å². The molecule has 2 heterocycles. The SMILES string of the molecule is COC(=O)c1cnc(N)c(C#Cc2cccc(NCc3occc3C)c2)c1. The zero-order valence-corrected chi connectivity index (χ0v) is 15.1. The molecule has 136 valence electrons. The number of nitrogens with one attached hydrogen (secondary N) is 1. The molecule has 6 nitrogen and oxygen atoms in total. The van der Waals surface area contributed by atoms with Crippen LogP contribution in [0, 0.1) is 18.8 Å². The third kappa shape index (κ3) is 4.47. The Morgan fingerprint density at radius 3 is 2.89 bits per heavy atom. The van der Waals surface area contributed by atoms with Gasteiger partial charge in [0.2, 0.25) is 0 Å². The first kappa shape index (κ1) is 18.1. The number of hydrogen-bond donors (Lipinski definition) is 2. The smallest absolute Gasteiger partial charge is 0.339 e. The Morgan fingerprint density at radius 2 is 2.15 bits per heavy atom. The van der Waals surface area contributed by atoms with Gasteiger partial charge in [-0.15, -0.1) is 0 Å². The number of rotatable bonds is 4. The van der Waals surface area contributed by atoms with Gasteiger partial charge in [-0.25, -0.2) is 9.78 Å². The van der Waals surface area contributed by atoms with Crippen molar-refractivity contribution >= 4 is 17.5 Å². The molecule has 27 heavy (non-hydrogen) atoms. The second-order valence-corrected chi connectivity index (χ2v) is 5.86. The molecule has 0 atom stereocenters. The van der Waals surface area contributed by atoms with Crippen LogP contribution in [-0.4, -0.2) is 18.1 Å². The number of nitrogens with zero attached hydrogens (tertiary/aromatic N) is 1. The molecule has 0 saturated heterocycles. The third-order valence-electron chi connectivity index (χ3n) is 3.96. The lowest BCUT2D eigenvalue weighted by Gasteiger charge is -2.05. The summed E-state index contributed by atoms with van der Waals surface area (Å²) in [6.07, 6.45) is 3.04. The molecule has 2 aromatic heterocycles. The minimum absolute atomic E-state index is 0.262. The quantitative estimate of drug-likeness (QED) is 0.547. The number of esters is 1. The Morgan fingerprint density at radius 1 is 1.30 bits per heavy atom. The lowest BCUT2D eigenvalue weighted by molar-refractivity contribution is 0.0600. The highest BCUT2D eigenvalue weighted by atomic mass is 16.5. The molecule has 0 bridgehead atoms. The predicted octanol–water partition coefficient (Wildman–Crippen LogP) is 3.36. The molecule has 0 radical (unpaired) electrons. The van der Waals surface area contributed by atoms with Gasteiger partial charge in [0.15, 0.2) is 0 Å². The average molecular weight is 361 g/mol. The maximum Gasteiger partial charge on any atom is 0.339 e. The van der Waals surface area contributed by atoms with Crippen LogP contribution in [0.15, 0.2) is 53.3 Å². The number of carbonyl (C=O) groups is 1. The number of carbonyl (C=O) groups excluding carboxylic acids is 1. The van der Waals surface area contributed by atoms with Crippen LogP contribution in [0.3, 0.4) is 0 Å². The van der Waals surface area contributed by atoms with Gasteiger partial charge in [-0.3, -0.25) is 0 Å². The average Bonchev–Trinajstić information content (AvgIpc) is 3.10. The number of aryl methyl sites for hydroxylation is 1. The van der Waals surface area contributed by atoms with Crippen molar-refractivity contribution in [1.82, 2.24) is 4.98 Å². The first-order valence-electron chi connectivity index (χ1n) is 8.29. The summed E-state index contributed by atoms with van der Waals surface area (Å²) in [6.45, 7) is 2.59. The summed E-state index contributed by atoms with van der Waals surface area (Å²) in [7, 11) is 1.31. The normalized spacial score (nSPS) is 10.0. The Hall–Kier alpha value is -3.72. The molecule has 0 unspecified atom stereocenters. The standard InChI is InChI=1S/C21H19N3O3/c1-14-8-9-27-19(14)13-23-18-5-3-4-15(10-18)6-7-16-11-17(21(25)26-2)12-24-20(16)22/h3-5,8-12,23H,13H2,1-2H3,(H2,22,24). The van der Waals surface area contributed by atoms with Crippen molar-refractivity contribution in [3.05, 3.63) is 76.9 Å². The molecule has 0 aliphatic carbocycles. The third-order valence-corrected chi connectivity index (χ3v) is 3.96. The maximum atomic E-state index is 11.6. The van der Waals surface area contributed by atoms with Crippen molar-refractivity contribution in [3.63, 3.8) is 0 Å². The molecule has 0 saturated carbocycles. The molecule has 0 spiro atoms. The molecular formula is C21H19N3O3. The highest BCUT2D eigenvalue weighted by molar-refractivity contribution is 5.89. The number of furan rings is 1. The van der Waals surface area contributed by atoms with E-state index in [0.717, 1.165) is 22.6 Å². The summed E-state index contributed by atoms with van der Waals surface area (Å²) in [5, 5.41) is 3.31. The van der Waals surface area contributed by atoms with Crippen LogP contribution in [0.4, 0.5) is 11.5 Å². The second kappa shape index (κ2) is 8.11. The van der Waals surface area contributed by atoms with Gasteiger partial charge in [-0.05, 0) is 42.8 Å². The largest absolute Gasteiger partial charge is 0.467 e. The topological polar surface area (TPSA) is 90.4 Å².